The summed E-state index contributed by atoms with van der Waals surface area (Å²) in [5.41, 5.74) is 5.51. The van der Waals surface area contributed by atoms with Crippen molar-refractivity contribution in [3.05, 3.63) is 11.1 Å². The lowest BCUT2D eigenvalue weighted by Crippen LogP contribution is -2.16. The summed E-state index contributed by atoms with van der Waals surface area (Å²) in [6, 6.07) is 0. The van der Waals surface area contributed by atoms with Crippen LogP contribution in [0.4, 0.5) is 5.13 Å². The first kappa shape index (κ1) is 8.90. The van der Waals surface area contributed by atoms with Crippen LogP contribution in [-0.4, -0.2) is 23.1 Å². The largest absolute Gasteiger partial charge is 0.389 e. The average Bonchev–Trinajstić information content (AvgIpc) is 2.75. The van der Waals surface area contributed by atoms with Crippen LogP contribution in [0.15, 0.2) is 6.20 Å². The number of thiocarbonyl (C=S) groups is 1. The predicted molar refractivity (Wildman–Crippen MR) is 59.4 cm³/mol. The molecular weight excluding hydrogens is 202 g/mol. The normalized spacial score (nSPS) is 16.5. The molecule has 0 bridgehead atoms. The summed E-state index contributed by atoms with van der Waals surface area (Å²) in [4.78, 5) is 7.94. The lowest BCUT2D eigenvalue weighted by atomic mass is 10.4. The quantitative estimate of drug-likeness (QED) is 0.754. The highest BCUT2D eigenvalue weighted by atomic mass is 32.1. The van der Waals surface area contributed by atoms with Crippen LogP contribution in [0.5, 0.6) is 0 Å². The molecule has 0 aliphatic carbocycles. The highest BCUT2D eigenvalue weighted by molar-refractivity contribution is 7.81. The van der Waals surface area contributed by atoms with Gasteiger partial charge in [0.05, 0.1) is 11.1 Å². The van der Waals surface area contributed by atoms with Crippen molar-refractivity contribution in [2.24, 2.45) is 5.73 Å². The van der Waals surface area contributed by atoms with Crippen molar-refractivity contribution >= 4 is 33.7 Å². The van der Waals surface area contributed by atoms with Gasteiger partial charge < -0.3 is 10.6 Å². The molecule has 0 spiro atoms. The maximum atomic E-state index is 5.51. The zero-order valence-corrected chi connectivity index (χ0v) is 8.83. The lowest BCUT2D eigenvalue weighted by Gasteiger charge is -2.11. The molecule has 2 heterocycles. The molecule has 70 valence electrons. The van der Waals surface area contributed by atoms with Crippen LogP contribution in [0, 0.1) is 0 Å². The van der Waals surface area contributed by atoms with Gasteiger partial charge in [0.2, 0.25) is 0 Å². The van der Waals surface area contributed by atoms with E-state index in [2.05, 4.69) is 9.88 Å². The zero-order chi connectivity index (χ0) is 9.26. The van der Waals surface area contributed by atoms with Crippen molar-refractivity contribution in [2.45, 2.75) is 12.8 Å². The zero-order valence-electron chi connectivity index (χ0n) is 7.19. The third kappa shape index (κ3) is 1.81. The smallest absolute Gasteiger partial charge is 0.185 e. The van der Waals surface area contributed by atoms with Gasteiger partial charge in [0, 0.05) is 13.1 Å². The standard InChI is InChI=1S/C8H11N3S2/c9-7(12)6-5-10-8(13-6)11-3-1-2-4-11/h5H,1-4H2,(H2,9,12). The van der Waals surface area contributed by atoms with Crippen molar-refractivity contribution in [1.29, 1.82) is 0 Å². The monoisotopic (exact) mass is 213 g/mol. The van der Waals surface area contributed by atoms with E-state index in [-0.39, 0.29) is 0 Å². The number of rotatable bonds is 2. The number of nitrogens with zero attached hydrogens (tertiary/aromatic N) is 2. The maximum Gasteiger partial charge on any atom is 0.185 e. The van der Waals surface area contributed by atoms with Crippen molar-refractivity contribution in [3.63, 3.8) is 0 Å². The Morgan fingerprint density at radius 3 is 2.77 bits per heavy atom. The number of nitrogens with two attached hydrogens (primary N) is 1. The minimum atomic E-state index is 0.447. The van der Waals surface area contributed by atoms with E-state index in [9.17, 15) is 0 Å². The van der Waals surface area contributed by atoms with Gasteiger partial charge in [0.15, 0.2) is 5.13 Å². The van der Waals surface area contributed by atoms with Gasteiger partial charge in [0.25, 0.3) is 0 Å². The predicted octanol–water partition coefficient (Wildman–Crippen LogP) is 1.38. The van der Waals surface area contributed by atoms with Gasteiger partial charge >= 0.3 is 0 Å². The SMILES string of the molecule is NC(=S)c1cnc(N2CCCC2)s1. The van der Waals surface area contributed by atoms with E-state index in [0.717, 1.165) is 23.1 Å². The van der Waals surface area contributed by atoms with Crippen LogP contribution in [0.1, 0.15) is 17.7 Å². The molecule has 0 atom stereocenters. The summed E-state index contributed by atoms with van der Waals surface area (Å²) in [5, 5.41) is 1.06. The molecule has 1 aliphatic heterocycles. The second-order valence-corrected chi connectivity index (χ2v) is 4.51. The van der Waals surface area contributed by atoms with Gasteiger partial charge in [0.1, 0.15) is 4.99 Å². The molecule has 0 aromatic carbocycles. The van der Waals surface area contributed by atoms with Gasteiger partial charge in [-0.05, 0) is 12.8 Å². The molecule has 0 saturated carbocycles. The van der Waals surface area contributed by atoms with Crippen molar-refractivity contribution < 1.29 is 0 Å². The molecule has 13 heavy (non-hydrogen) atoms. The Morgan fingerprint density at radius 2 is 2.23 bits per heavy atom. The fourth-order valence-corrected chi connectivity index (χ4v) is 2.43. The Morgan fingerprint density at radius 1 is 1.54 bits per heavy atom. The van der Waals surface area contributed by atoms with Crippen LogP contribution in [-0.2, 0) is 0 Å². The van der Waals surface area contributed by atoms with E-state index in [1.807, 2.05) is 0 Å². The molecule has 1 aromatic rings. The fourth-order valence-electron chi connectivity index (χ4n) is 1.43. The average molecular weight is 213 g/mol. The number of aromatic nitrogens is 1. The number of hydrogen-bond donors (Lipinski definition) is 1. The Bertz CT molecular complexity index is 315. The van der Waals surface area contributed by atoms with E-state index in [1.54, 1.807) is 17.5 Å². The first-order chi connectivity index (χ1) is 6.27. The number of thiazole rings is 1. The second-order valence-electron chi connectivity index (χ2n) is 3.07. The summed E-state index contributed by atoms with van der Waals surface area (Å²) < 4.78 is 0. The van der Waals surface area contributed by atoms with Crippen LogP contribution in [0.3, 0.4) is 0 Å². The highest BCUT2D eigenvalue weighted by Crippen LogP contribution is 2.25. The second kappa shape index (κ2) is 3.59. The third-order valence-corrected chi connectivity index (χ3v) is 3.55. The molecule has 2 N–H and O–H groups in total. The van der Waals surface area contributed by atoms with Crippen molar-refractivity contribution in [1.82, 2.24) is 4.98 Å². The van der Waals surface area contributed by atoms with E-state index in [0.29, 0.717) is 4.99 Å². The number of hydrogen-bond acceptors (Lipinski definition) is 4. The van der Waals surface area contributed by atoms with Gasteiger partial charge in [-0.15, -0.1) is 0 Å². The van der Waals surface area contributed by atoms with E-state index in [4.69, 9.17) is 18.0 Å². The maximum absolute atomic E-state index is 5.51. The van der Waals surface area contributed by atoms with Crippen molar-refractivity contribution in [3.8, 4) is 0 Å². The Hall–Kier alpha value is -0.680. The molecule has 5 heteroatoms. The molecule has 0 amide bonds. The summed E-state index contributed by atoms with van der Waals surface area (Å²) >= 11 is 6.47. The molecule has 1 aromatic heterocycles. The third-order valence-electron chi connectivity index (χ3n) is 2.11. The van der Waals surface area contributed by atoms with E-state index >= 15 is 0 Å². The van der Waals surface area contributed by atoms with Crippen molar-refractivity contribution in [2.75, 3.05) is 18.0 Å². The van der Waals surface area contributed by atoms with Gasteiger partial charge in [-0.2, -0.15) is 0 Å². The van der Waals surface area contributed by atoms with E-state index in [1.165, 1.54) is 12.8 Å². The number of anilines is 1. The lowest BCUT2D eigenvalue weighted by molar-refractivity contribution is 0.949. The summed E-state index contributed by atoms with van der Waals surface area (Å²) in [6.45, 7) is 2.23. The van der Waals surface area contributed by atoms with E-state index < -0.39 is 0 Å². The molecule has 1 aliphatic rings. The Kier molecular flexibility index (Phi) is 2.46. The van der Waals surface area contributed by atoms with Gasteiger partial charge in [-0.1, -0.05) is 23.6 Å². The van der Waals surface area contributed by atoms with Crippen LogP contribution in [0.25, 0.3) is 0 Å². The Balaban J connectivity index is 2.16. The molecule has 0 unspecified atom stereocenters. The molecule has 1 saturated heterocycles. The van der Waals surface area contributed by atoms with Crippen LogP contribution < -0.4 is 10.6 Å². The minimum absolute atomic E-state index is 0.447. The van der Waals surface area contributed by atoms with Crippen LogP contribution in [0.2, 0.25) is 0 Å². The topological polar surface area (TPSA) is 42.1 Å². The molecule has 2 rings (SSSR count). The summed E-state index contributed by atoms with van der Waals surface area (Å²) in [6.07, 6.45) is 4.30. The summed E-state index contributed by atoms with van der Waals surface area (Å²) in [5.74, 6) is 0. The molecule has 1 fully saturated rings. The Labute approximate surface area is 86.6 Å². The molecule has 3 nitrogen and oxygen atoms in total. The highest BCUT2D eigenvalue weighted by Gasteiger charge is 2.15. The minimum Gasteiger partial charge on any atom is -0.389 e. The van der Waals surface area contributed by atoms with Crippen LogP contribution >= 0.6 is 23.6 Å². The molecule has 0 radical (unpaired) electrons. The summed E-state index contributed by atoms with van der Waals surface area (Å²) in [7, 11) is 0. The van der Waals surface area contributed by atoms with Gasteiger partial charge in [-0.25, -0.2) is 4.98 Å². The molecular formula is C8H11N3S2. The first-order valence-electron chi connectivity index (χ1n) is 4.28. The first-order valence-corrected chi connectivity index (χ1v) is 5.50. The fraction of sp³-hybridized carbons (Fsp3) is 0.500. The van der Waals surface area contributed by atoms with Gasteiger partial charge in [-0.3, -0.25) is 0 Å².